The van der Waals surface area contributed by atoms with Gasteiger partial charge in [0.05, 0.1) is 12.2 Å². The molecule has 0 aliphatic heterocycles. The van der Waals surface area contributed by atoms with Crippen molar-refractivity contribution in [2.45, 2.75) is 39.2 Å². The number of hydrogen-bond donors (Lipinski definition) is 3. The Hall–Kier alpha value is -0.120. The van der Waals surface area contributed by atoms with E-state index in [1.54, 1.807) is 6.92 Å². The molecule has 13 heavy (non-hydrogen) atoms. The van der Waals surface area contributed by atoms with Gasteiger partial charge in [-0.1, -0.05) is 13.8 Å². The van der Waals surface area contributed by atoms with Crippen molar-refractivity contribution in [3.05, 3.63) is 0 Å². The van der Waals surface area contributed by atoms with Crippen LogP contribution in [0.1, 0.15) is 33.6 Å². The van der Waals surface area contributed by atoms with E-state index in [4.69, 9.17) is 5.11 Å². The Balaban J connectivity index is 3.26. The van der Waals surface area contributed by atoms with Gasteiger partial charge in [-0.15, -0.1) is 0 Å². The van der Waals surface area contributed by atoms with Crippen molar-refractivity contribution in [2.75, 3.05) is 19.7 Å². The lowest BCUT2D eigenvalue weighted by Crippen LogP contribution is -2.41. The van der Waals surface area contributed by atoms with Crippen molar-refractivity contribution in [3.63, 3.8) is 0 Å². The minimum absolute atomic E-state index is 0.190. The van der Waals surface area contributed by atoms with Gasteiger partial charge in [0.25, 0.3) is 0 Å². The largest absolute Gasteiger partial charge is 0.393 e. The molecule has 0 radical (unpaired) electrons. The van der Waals surface area contributed by atoms with E-state index in [-0.39, 0.29) is 6.61 Å². The summed E-state index contributed by atoms with van der Waals surface area (Å²) >= 11 is 0. The van der Waals surface area contributed by atoms with E-state index in [9.17, 15) is 5.11 Å². The van der Waals surface area contributed by atoms with Crippen LogP contribution in [0.2, 0.25) is 0 Å². The summed E-state index contributed by atoms with van der Waals surface area (Å²) in [5.74, 6) is 0.736. The Kier molecular flexibility index (Phi) is 6.29. The zero-order valence-corrected chi connectivity index (χ0v) is 9.01. The van der Waals surface area contributed by atoms with E-state index >= 15 is 0 Å². The SMILES string of the molecule is CC(C)CCCNCC(C)(O)CO. The van der Waals surface area contributed by atoms with E-state index < -0.39 is 5.60 Å². The number of hydrogen-bond acceptors (Lipinski definition) is 3. The summed E-state index contributed by atoms with van der Waals surface area (Å²) in [4.78, 5) is 0. The summed E-state index contributed by atoms with van der Waals surface area (Å²) < 4.78 is 0. The smallest absolute Gasteiger partial charge is 0.0972 e. The van der Waals surface area contributed by atoms with Crippen LogP contribution in [0.5, 0.6) is 0 Å². The first kappa shape index (κ1) is 12.9. The van der Waals surface area contributed by atoms with Gasteiger partial charge >= 0.3 is 0 Å². The Labute approximate surface area is 81.2 Å². The third-order valence-electron chi connectivity index (χ3n) is 1.98. The number of rotatable bonds is 7. The van der Waals surface area contributed by atoms with E-state index in [0.717, 1.165) is 18.9 Å². The fourth-order valence-corrected chi connectivity index (χ4v) is 1.05. The second-order valence-corrected chi connectivity index (χ2v) is 4.37. The van der Waals surface area contributed by atoms with E-state index in [2.05, 4.69) is 19.2 Å². The first-order chi connectivity index (χ1) is 5.98. The summed E-state index contributed by atoms with van der Waals surface area (Å²) in [5.41, 5.74) is -0.974. The van der Waals surface area contributed by atoms with Gasteiger partial charge in [-0.2, -0.15) is 0 Å². The van der Waals surface area contributed by atoms with Crippen LogP contribution in [0.15, 0.2) is 0 Å². The highest BCUT2D eigenvalue weighted by molar-refractivity contribution is 4.73. The lowest BCUT2D eigenvalue weighted by molar-refractivity contribution is 0.00284. The standard InChI is InChI=1S/C10H23NO2/c1-9(2)5-4-6-11-7-10(3,13)8-12/h9,11-13H,4-8H2,1-3H3. The molecule has 0 heterocycles. The summed E-state index contributed by atoms with van der Waals surface area (Å²) in [7, 11) is 0. The van der Waals surface area contributed by atoms with Gasteiger partial charge in [0, 0.05) is 6.54 Å². The van der Waals surface area contributed by atoms with Gasteiger partial charge in [-0.05, 0) is 32.2 Å². The predicted octanol–water partition coefficient (Wildman–Crippen LogP) is 0.755. The van der Waals surface area contributed by atoms with Crippen LogP contribution < -0.4 is 5.32 Å². The van der Waals surface area contributed by atoms with Crippen LogP contribution in [0.3, 0.4) is 0 Å². The quantitative estimate of drug-likeness (QED) is 0.518. The van der Waals surface area contributed by atoms with Gasteiger partial charge in [-0.3, -0.25) is 0 Å². The number of nitrogens with one attached hydrogen (secondary N) is 1. The van der Waals surface area contributed by atoms with Crippen LogP contribution in [0, 0.1) is 5.92 Å². The highest BCUT2D eigenvalue weighted by atomic mass is 16.3. The third kappa shape index (κ3) is 8.22. The van der Waals surface area contributed by atoms with Crippen LogP contribution in [-0.4, -0.2) is 35.5 Å². The normalized spacial score (nSPS) is 16.2. The van der Waals surface area contributed by atoms with Gasteiger partial charge < -0.3 is 15.5 Å². The number of aliphatic hydroxyl groups is 2. The molecule has 0 saturated carbocycles. The molecule has 0 aromatic carbocycles. The molecule has 0 fully saturated rings. The Morgan fingerprint density at radius 1 is 1.38 bits per heavy atom. The molecule has 0 bridgehead atoms. The molecule has 1 unspecified atom stereocenters. The Morgan fingerprint density at radius 2 is 2.00 bits per heavy atom. The molecule has 0 aliphatic carbocycles. The average Bonchev–Trinajstić information content (AvgIpc) is 2.03. The molecular weight excluding hydrogens is 166 g/mol. The van der Waals surface area contributed by atoms with Crippen LogP contribution in [0.25, 0.3) is 0 Å². The zero-order valence-electron chi connectivity index (χ0n) is 9.01. The second-order valence-electron chi connectivity index (χ2n) is 4.37. The number of aliphatic hydroxyl groups excluding tert-OH is 1. The van der Waals surface area contributed by atoms with Crippen molar-refractivity contribution in [1.82, 2.24) is 5.32 Å². The van der Waals surface area contributed by atoms with Crippen molar-refractivity contribution in [2.24, 2.45) is 5.92 Å². The van der Waals surface area contributed by atoms with Crippen LogP contribution in [0.4, 0.5) is 0 Å². The topological polar surface area (TPSA) is 52.5 Å². The van der Waals surface area contributed by atoms with Gasteiger partial charge in [0.1, 0.15) is 0 Å². The molecule has 1 atom stereocenters. The Morgan fingerprint density at radius 3 is 2.46 bits per heavy atom. The molecule has 0 aliphatic rings. The molecular formula is C10H23NO2. The maximum atomic E-state index is 9.42. The predicted molar refractivity (Wildman–Crippen MR) is 54.7 cm³/mol. The molecule has 0 amide bonds. The van der Waals surface area contributed by atoms with E-state index in [1.807, 2.05) is 0 Å². The van der Waals surface area contributed by atoms with E-state index in [0.29, 0.717) is 6.54 Å². The monoisotopic (exact) mass is 189 g/mol. The molecule has 3 heteroatoms. The first-order valence-corrected chi connectivity index (χ1v) is 5.02. The zero-order chi connectivity index (χ0) is 10.3. The highest BCUT2D eigenvalue weighted by Crippen LogP contribution is 2.03. The molecule has 80 valence electrons. The lowest BCUT2D eigenvalue weighted by atomic mass is 10.1. The highest BCUT2D eigenvalue weighted by Gasteiger charge is 2.17. The maximum Gasteiger partial charge on any atom is 0.0972 e. The third-order valence-corrected chi connectivity index (χ3v) is 1.98. The second kappa shape index (κ2) is 6.35. The molecule has 0 saturated heterocycles. The average molecular weight is 189 g/mol. The van der Waals surface area contributed by atoms with Crippen LogP contribution in [-0.2, 0) is 0 Å². The summed E-state index contributed by atoms with van der Waals surface area (Å²) in [6, 6.07) is 0. The van der Waals surface area contributed by atoms with Crippen molar-refractivity contribution in [1.29, 1.82) is 0 Å². The van der Waals surface area contributed by atoms with Crippen LogP contribution >= 0.6 is 0 Å². The van der Waals surface area contributed by atoms with E-state index in [1.165, 1.54) is 6.42 Å². The summed E-state index contributed by atoms with van der Waals surface area (Å²) in [5, 5.41) is 21.3. The Bertz CT molecular complexity index is 124. The van der Waals surface area contributed by atoms with Crippen molar-refractivity contribution >= 4 is 0 Å². The van der Waals surface area contributed by atoms with Crippen molar-refractivity contribution < 1.29 is 10.2 Å². The molecule has 0 spiro atoms. The van der Waals surface area contributed by atoms with Gasteiger partial charge in [0.15, 0.2) is 0 Å². The van der Waals surface area contributed by atoms with Gasteiger partial charge in [0.2, 0.25) is 0 Å². The lowest BCUT2D eigenvalue weighted by Gasteiger charge is -2.20. The minimum Gasteiger partial charge on any atom is -0.393 e. The molecule has 0 aromatic rings. The molecule has 3 nitrogen and oxygen atoms in total. The fourth-order valence-electron chi connectivity index (χ4n) is 1.05. The summed E-state index contributed by atoms with van der Waals surface area (Å²) in [6.07, 6.45) is 2.33. The maximum absolute atomic E-state index is 9.42. The van der Waals surface area contributed by atoms with Crippen molar-refractivity contribution in [3.8, 4) is 0 Å². The molecule has 3 N–H and O–H groups in total. The molecule has 0 aromatic heterocycles. The minimum atomic E-state index is -0.974. The van der Waals surface area contributed by atoms with Gasteiger partial charge in [-0.25, -0.2) is 0 Å². The fraction of sp³-hybridized carbons (Fsp3) is 1.00. The summed E-state index contributed by atoms with van der Waals surface area (Å²) in [6.45, 7) is 7.20. The first-order valence-electron chi connectivity index (χ1n) is 5.02. The molecule has 0 rings (SSSR count).